The number of rotatable bonds is 5. The highest BCUT2D eigenvalue weighted by Crippen LogP contribution is 2.29. The van der Waals surface area contributed by atoms with E-state index in [1.165, 1.54) is 84.2 Å². The smallest absolute Gasteiger partial charge is 0.0120 e. The van der Waals surface area contributed by atoms with Gasteiger partial charge in [0.1, 0.15) is 0 Å². The van der Waals surface area contributed by atoms with Crippen molar-refractivity contribution in [3.05, 3.63) is 0 Å². The van der Waals surface area contributed by atoms with E-state index < -0.39 is 0 Å². The van der Waals surface area contributed by atoms with Crippen LogP contribution in [0.4, 0.5) is 0 Å². The third kappa shape index (κ3) is 5.43. The first-order valence-electron chi connectivity index (χ1n) is 11.2. The van der Waals surface area contributed by atoms with Gasteiger partial charge in [0.15, 0.2) is 0 Å². The largest absolute Gasteiger partial charge is 0.301 e. The van der Waals surface area contributed by atoms with Gasteiger partial charge in [-0.25, -0.2) is 0 Å². The van der Waals surface area contributed by atoms with Gasteiger partial charge in [-0.3, -0.25) is 0 Å². The lowest BCUT2D eigenvalue weighted by atomic mass is 9.87. The molecular formula is C22H43N3. The predicted octanol–water partition coefficient (Wildman–Crippen LogP) is 4.08. The van der Waals surface area contributed by atoms with Crippen LogP contribution in [0.2, 0.25) is 0 Å². The SMILES string of the molecule is CC(C)CC1CCN(C2CCN(C3CCN(C(C)C)CC3)CC2)CC1. The van der Waals surface area contributed by atoms with Crippen molar-refractivity contribution < 1.29 is 0 Å². The Kier molecular flexibility index (Phi) is 7.22. The lowest BCUT2D eigenvalue weighted by molar-refractivity contribution is 0.0364. The van der Waals surface area contributed by atoms with E-state index in [9.17, 15) is 0 Å². The van der Waals surface area contributed by atoms with E-state index in [-0.39, 0.29) is 0 Å². The van der Waals surface area contributed by atoms with Crippen LogP contribution >= 0.6 is 0 Å². The van der Waals surface area contributed by atoms with Crippen LogP contribution in [0.5, 0.6) is 0 Å². The highest BCUT2D eigenvalue weighted by atomic mass is 15.2. The van der Waals surface area contributed by atoms with Gasteiger partial charge in [-0.05, 0) is 110 Å². The fraction of sp³-hybridized carbons (Fsp3) is 1.00. The fourth-order valence-electron chi connectivity index (χ4n) is 5.60. The summed E-state index contributed by atoms with van der Waals surface area (Å²) in [7, 11) is 0. The molecule has 0 amide bonds. The molecule has 3 aliphatic rings. The summed E-state index contributed by atoms with van der Waals surface area (Å²) in [6.07, 6.45) is 9.96. The number of nitrogens with zero attached hydrogens (tertiary/aromatic N) is 3. The van der Waals surface area contributed by atoms with Crippen LogP contribution in [-0.4, -0.2) is 72.1 Å². The van der Waals surface area contributed by atoms with Crippen molar-refractivity contribution in [3.8, 4) is 0 Å². The standard InChI is InChI=1S/C22H43N3/c1-18(2)17-20-5-11-24(12-6-20)22-9-15-25(16-10-22)21-7-13-23(14-8-21)19(3)4/h18-22H,5-17H2,1-4H3. The summed E-state index contributed by atoms with van der Waals surface area (Å²) >= 11 is 0. The minimum Gasteiger partial charge on any atom is -0.301 e. The molecule has 0 aliphatic carbocycles. The van der Waals surface area contributed by atoms with Gasteiger partial charge in [-0.1, -0.05) is 13.8 Å². The van der Waals surface area contributed by atoms with Gasteiger partial charge >= 0.3 is 0 Å². The number of hydrogen-bond donors (Lipinski definition) is 0. The molecule has 3 nitrogen and oxygen atoms in total. The summed E-state index contributed by atoms with van der Waals surface area (Å²) in [5, 5.41) is 0. The zero-order valence-corrected chi connectivity index (χ0v) is 17.4. The Bertz CT molecular complexity index is 371. The van der Waals surface area contributed by atoms with Crippen molar-refractivity contribution in [2.24, 2.45) is 11.8 Å². The maximum absolute atomic E-state index is 2.84. The normalized spacial score (nSPS) is 27.6. The molecule has 146 valence electrons. The second-order valence-electron chi connectivity index (χ2n) is 9.74. The summed E-state index contributed by atoms with van der Waals surface area (Å²) in [5.74, 6) is 1.88. The van der Waals surface area contributed by atoms with E-state index >= 15 is 0 Å². The predicted molar refractivity (Wildman–Crippen MR) is 108 cm³/mol. The molecule has 3 heteroatoms. The molecule has 0 N–H and O–H groups in total. The molecule has 0 saturated carbocycles. The van der Waals surface area contributed by atoms with Crippen molar-refractivity contribution in [2.45, 2.75) is 90.8 Å². The lowest BCUT2D eigenvalue weighted by Gasteiger charge is -2.46. The average Bonchev–Trinajstić information content (AvgIpc) is 2.62. The van der Waals surface area contributed by atoms with Crippen LogP contribution in [0.3, 0.4) is 0 Å². The molecule has 0 unspecified atom stereocenters. The monoisotopic (exact) mass is 349 g/mol. The van der Waals surface area contributed by atoms with Crippen LogP contribution in [0.25, 0.3) is 0 Å². The average molecular weight is 350 g/mol. The molecule has 0 radical (unpaired) electrons. The van der Waals surface area contributed by atoms with Gasteiger partial charge in [-0.2, -0.15) is 0 Å². The second-order valence-corrected chi connectivity index (χ2v) is 9.74. The zero-order valence-electron chi connectivity index (χ0n) is 17.4. The van der Waals surface area contributed by atoms with Gasteiger partial charge in [0.25, 0.3) is 0 Å². The molecule has 0 atom stereocenters. The van der Waals surface area contributed by atoms with Crippen LogP contribution in [0.15, 0.2) is 0 Å². The van der Waals surface area contributed by atoms with Crippen molar-refractivity contribution >= 4 is 0 Å². The summed E-state index contributed by atoms with van der Waals surface area (Å²) in [4.78, 5) is 8.33. The molecule has 25 heavy (non-hydrogen) atoms. The van der Waals surface area contributed by atoms with Gasteiger partial charge in [0.05, 0.1) is 0 Å². The maximum atomic E-state index is 2.84. The lowest BCUT2D eigenvalue weighted by Crippen LogP contribution is -2.52. The summed E-state index contributed by atoms with van der Waals surface area (Å²) < 4.78 is 0. The summed E-state index contributed by atoms with van der Waals surface area (Å²) in [5.41, 5.74) is 0. The van der Waals surface area contributed by atoms with Crippen LogP contribution < -0.4 is 0 Å². The Morgan fingerprint density at radius 1 is 0.640 bits per heavy atom. The first kappa shape index (κ1) is 19.6. The van der Waals surface area contributed by atoms with Crippen molar-refractivity contribution in [1.29, 1.82) is 0 Å². The van der Waals surface area contributed by atoms with Gasteiger partial charge < -0.3 is 14.7 Å². The number of piperidine rings is 3. The summed E-state index contributed by atoms with van der Waals surface area (Å²) in [6.45, 7) is 17.5. The van der Waals surface area contributed by atoms with Gasteiger partial charge in [0.2, 0.25) is 0 Å². The minimum atomic E-state index is 0.727. The van der Waals surface area contributed by atoms with E-state index in [0.717, 1.165) is 30.0 Å². The van der Waals surface area contributed by atoms with Crippen LogP contribution in [0.1, 0.15) is 72.6 Å². The Balaban J connectivity index is 1.37. The Morgan fingerprint density at radius 3 is 1.52 bits per heavy atom. The fourth-order valence-corrected chi connectivity index (χ4v) is 5.60. The molecule has 0 aromatic heterocycles. The second kappa shape index (κ2) is 9.19. The van der Waals surface area contributed by atoms with Crippen LogP contribution in [-0.2, 0) is 0 Å². The summed E-state index contributed by atoms with van der Waals surface area (Å²) in [6, 6.07) is 2.48. The molecule has 0 bridgehead atoms. The molecule has 0 aromatic rings. The number of hydrogen-bond acceptors (Lipinski definition) is 3. The Morgan fingerprint density at radius 2 is 1.08 bits per heavy atom. The number of likely N-dealkylation sites (tertiary alicyclic amines) is 3. The molecule has 3 aliphatic heterocycles. The van der Waals surface area contributed by atoms with E-state index in [1.54, 1.807) is 0 Å². The van der Waals surface area contributed by atoms with Gasteiger partial charge in [-0.15, -0.1) is 0 Å². The molecule has 0 spiro atoms. The van der Waals surface area contributed by atoms with Gasteiger partial charge in [0, 0.05) is 18.1 Å². The molecule has 3 rings (SSSR count). The molecule has 3 fully saturated rings. The quantitative estimate of drug-likeness (QED) is 0.740. The first-order chi connectivity index (χ1) is 12.0. The van der Waals surface area contributed by atoms with Crippen molar-refractivity contribution in [3.63, 3.8) is 0 Å². The Labute approximate surface area is 157 Å². The topological polar surface area (TPSA) is 9.72 Å². The van der Waals surface area contributed by atoms with Crippen LogP contribution in [0, 0.1) is 11.8 Å². The highest BCUT2D eigenvalue weighted by molar-refractivity contribution is 4.88. The van der Waals surface area contributed by atoms with E-state index in [0.29, 0.717) is 0 Å². The molecule has 3 heterocycles. The minimum absolute atomic E-state index is 0.727. The Hall–Kier alpha value is -0.120. The zero-order chi connectivity index (χ0) is 17.8. The molecular weight excluding hydrogens is 306 g/mol. The third-order valence-corrected chi connectivity index (χ3v) is 7.22. The van der Waals surface area contributed by atoms with E-state index in [2.05, 4.69) is 42.4 Å². The van der Waals surface area contributed by atoms with Crippen molar-refractivity contribution in [2.75, 3.05) is 39.3 Å². The van der Waals surface area contributed by atoms with Crippen molar-refractivity contribution in [1.82, 2.24) is 14.7 Å². The van der Waals surface area contributed by atoms with E-state index in [1.807, 2.05) is 0 Å². The highest BCUT2D eigenvalue weighted by Gasteiger charge is 2.32. The van der Waals surface area contributed by atoms with E-state index in [4.69, 9.17) is 0 Å². The third-order valence-electron chi connectivity index (χ3n) is 7.22. The first-order valence-corrected chi connectivity index (χ1v) is 11.2. The molecule has 3 saturated heterocycles. The maximum Gasteiger partial charge on any atom is 0.0120 e. The molecule has 0 aromatic carbocycles.